The molecule has 0 aromatic heterocycles. The van der Waals surface area contributed by atoms with Gasteiger partial charge in [0.15, 0.2) is 0 Å². The fourth-order valence-corrected chi connectivity index (χ4v) is 1.60. The summed E-state index contributed by atoms with van der Waals surface area (Å²) in [4.78, 5) is 0. The molecule has 0 radical (unpaired) electrons. The van der Waals surface area contributed by atoms with E-state index in [2.05, 4.69) is 5.32 Å². The minimum absolute atomic E-state index is 0.0791. The summed E-state index contributed by atoms with van der Waals surface area (Å²) in [6.45, 7) is -1.27. The van der Waals surface area contributed by atoms with Gasteiger partial charge in [0.05, 0.1) is 22.7 Å². The Morgan fingerprint density at radius 2 is 2.00 bits per heavy atom. The molecule has 1 unspecified atom stereocenters. The van der Waals surface area contributed by atoms with Crippen molar-refractivity contribution in [2.45, 2.75) is 12.2 Å². The third-order valence-electron chi connectivity index (χ3n) is 1.93. The third kappa shape index (κ3) is 4.08. The number of halogens is 5. The molecule has 0 saturated heterocycles. The van der Waals surface area contributed by atoms with E-state index >= 15 is 0 Å². The van der Waals surface area contributed by atoms with Gasteiger partial charge in [-0.3, -0.25) is 5.32 Å². The van der Waals surface area contributed by atoms with Crippen LogP contribution in [0.15, 0.2) is 18.2 Å². The molecule has 1 aromatic rings. The number of nitrogens with zero attached hydrogens (tertiary/aromatic N) is 1. The molecule has 0 fully saturated rings. The molecule has 0 amide bonds. The second-order valence-corrected chi connectivity index (χ2v) is 3.99. The van der Waals surface area contributed by atoms with Crippen LogP contribution in [0.1, 0.15) is 11.6 Å². The van der Waals surface area contributed by atoms with Crippen LogP contribution in [0.4, 0.5) is 13.2 Å². The van der Waals surface area contributed by atoms with Gasteiger partial charge < -0.3 is 0 Å². The van der Waals surface area contributed by atoms with Crippen LogP contribution in [0.3, 0.4) is 0 Å². The van der Waals surface area contributed by atoms with Gasteiger partial charge in [-0.1, -0.05) is 35.3 Å². The van der Waals surface area contributed by atoms with E-state index in [1.54, 1.807) is 6.07 Å². The monoisotopic (exact) mass is 282 g/mol. The molecule has 1 N–H and O–H groups in total. The molecule has 0 saturated carbocycles. The maximum atomic E-state index is 12.0. The first-order valence-electron chi connectivity index (χ1n) is 4.49. The van der Waals surface area contributed by atoms with Gasteiger partial charge >= 0.3 is 6.18 Å². The number of benzene rings is 1. The first-order valence-corrected chi connectivity index (χ1v) is 5.24. The highest BCUT2D eigenvalue weighted by Gasteiger charge is 2.29. The molecule has 17 heavy (non-hydrogen) atoms. The van der Waals surface area contributed by atoms with E-state index in [-0.39, 0.29) is 15.6 Å². The van der Waals surface area contributed by atoms with Crippen molar-refractivity contribution in [3.05, 3.63) is 33.8 Å². The van der Waals surface area contributed by atoms with Gasteiger partial charge in [0.1, 0.15) is 6.04 Å². The molecule has 92 valence electrons. The van der Waals surface area contributed by atoms with Crippen molar-refractivity contribution < 1.29 is 13.2 Å². The van der Waals surface area contributed by atoms with Crippen LogP contribution in [0.5, 0.6) is 0 Å². The van der Waals surface area contributed by atoms with E-state index in [1.807, 2.05) is 0 Å². The number of nitriles is 1. The molecule has 0 bridgehead atoms. The van der Waals surface area contributed by atoms with Gasteiger partial charge in [-0.2, -0.15) is 18.4 Å². The number of nitrogens with one attached hydrogen (secondary N) is 1. The van der Waals surface area contributed by atoms with E-state index in [9.17, 15) is 13.2 Å². The van der Waals surface area contributed by atoms with Crippen LogP contribution in [0.2, 0.25) is 10.0 Å². The standard InChI is InChI=1S/C10H7Cl2F3N2/c11-7-3-1-2-6(9(7)12)8(4-16)17-5-10(13,14)15/h1-3,8,17H,5H2. The molecule has 0 heterocycles. The Kier molecular flexibility index (Phi) is 4.63. The SMILES string of the molecule is N#CC(NCC(F)(F)F)c1cccc(Cl)c1Cl. The van der Waals surface area contributed by atoms with E-state index < -0.39 is 18.8 Å². The Morgan fingerprint density at radius 3 is 2.53 bits per heavy atom. The lowest BCUT2D eigenvalue weighted by Crippen LogP contribution is -2.31. The maximum absolute atomic E-state index is 12.0. The maximum Gasteiger partial charge on any atom is 0.401 e. The van der Waals surface area contributed by atoms with Crippen molar-refractivity contribution in [2.75, 3.05) is 6.54 Å². The number of alkyl halides is 3. The van der Waals surface area contributed by atoms with Crippen molar-refractivity contribution in [3.63, 3.8) is 0 Å². The largest absolute Gasteiger partial charge is 0.401 e. The van der Waals surface area contributed by atoms with E-state index in [0.29, 0.717) is 0 Å². The van der Waals surface area contributed by atoms with Crippen LogP contribution < -0.4 is 5.32 Å². The van der Waals surface area contributed by atoms with Crippen LogP contribution >= 0.6 is 23.2 Å². The summed E-state index contributed by atoms with van der Waals surface area (Å²) in [6, 6.07) is 5.01. The number of hydrogen-bond donors (Lipinski definition) is 1. The van der Waals surface area contributed by atoms with E-state index in [1.165, 1.54) is 18.2 Å². The lowest BCUT2D eigenvalue weighted by atomic mass is 10.1. The zero-order valence-electron chi connectivity index (χ0n) is 8.35. The van der Waals surface area contributed by atoms with Gasteiger partial charge in [-0.15, -0.1) is 0 Å². The molecule has 1 atom stereocenters. The summed E-state index contributed by atoms with van der Waals surface area (Å²) in [5.74, 6) is 0. The van der Waals surface area contributed by atoms with Gasteiger partial charge in [0.2, 0.25) is 0 Å². The van der Waals surface area contributed by atoms with Crippen molar-refractivity contribution in [3.8, 4) is 6.07 Å². The lowest BCUT2D eigenvalue weighted by Gasteiger charge is -2.15. The van der Waals surface area contributed by atoms with Crippen molar-refractivity contribution in [1.29, 1.82) is 5.26 Å². The molecule has 1 aromatic carbocycles. The summed E-state index contributed by atoms with van der Waals surface area (Å²) in [6.07, 6.45) is -4.39. The van der Waals surface area contributed by atoms with Crippen LogP contribution in [0, 0.1) is 11.3 Å². The predicted molar refractivity (Wildman–Crippen MR) is 58.9 cm³/mol. The highest BCUT2D eigenvalue weighted by Crippen LogP contribution is 2.30. The normalized spacial score (nSPS) is 13.2. The minimum atomic E-state index is -4.39. The van der Waals surface area contributed by atoms with Crippen LogP contribution in [-0.2, 0) is 0 Å². The smallest absolute Gasteiger partial charge is 0.290 e. The fourth-order valence-electron chi connectivity index (χ4n) is 1.19. The number of hydrogen-bond acceptors (Lipinski definition) is 2. The molecule has 1 rings (SSSR count). The topological polar surface area (TPSA) is 35.8 Å². The second kappa shape index (κ2) is 5.58. The third-order valence-corrected chi connectivity index (χ3v) is 2.76. The molecular weight excluding hydrogens is 276 g/mol. The molecule has 0 aliphatic rings. The fraction of sp³-hybridized carbons (Fsp3) is 0.300. The average Bonchev–Trinajstić information content (AvgIpc) is 2.23. The Labute approximate surface area is 106 Å². The molecule has 0 spiro atoms. The first-order chi connectivity index (χ1) is 7.85. The summed E-state index contributed by atoms with van der Waals surface area (Å²) in [7, 11) is 0. The Hall–Kier alpha value is -0.960. The van der Waals surface area contributed by atoms with Gasteiger partial charge in [0.25, 0.3) is 0 Å². The van der Waals surface area contributed by atoms with Gasteiger partial charge in [0, 0.05) is 5.56 Å². The number of rotatable bonds is 3. The Bertz CT molecular complexity index is 440. The van der Waals surface area contributed by atoms with Crippen molar-refractivity contribution in [1.82, 2.24) is 5.32 Å². The lowest BCUT2D eigenvalue weighted by molar-refractivity contribution is -0.125. The van der Waals surface area contributed by atoms with Crippen LogP contribution in [-0.4, -0.2) is 12.7 Å². The zero-order valence-corrected chi connectivity index (χ0v) is 9.87. The molecule has 7 heteroatoms. The van der Waals surface area contributed by atoms with E-state index in [4.69, 9.17) is 28.5 Å². The molecule has 0 aliphatic heterocycles. The quantitative estimate of drug-likeness (QED) is 0.917. The second-order valence-electron chi connectivity index (χ2n) is 3.20. The van der Waals surface area contributed by atoms with Gasteiger partial charge in [-0.05, 0) is 6.07 Å². The minimum Gasteiger partial charge on any atom is -0.290 e. The Morgan fingerprint density at radius 1 is 1.35 bits per heavy atom. The summed E-state index contributed by atoms with van der Waals surface area (Å²) in [5, 5.41) is 11.1. The predicted octanol–water partition coefficient (Wildman–Crippen LogP) is 3.71. The van der Waals surface area contributed by atoms with Crippen molar-refractivity contribution >= 4 is 23.2 Å². The first kappa shape index (κ1) is 14.1. The molecule has 2 nitrogen and oxygen atoms in total. The highest BCUT2D eigenvalue weighted by molar-refractivity contribution is 6.42. The van der Waals surface area contributed by atoms with Gasteiger partial charge in [-0.25, -0.2) is 0 Å². The molecule has 0 aliphatic carbocycles. The van der Waals surface area contributed by atoms with E-state index in [0.717, 1.165) is 0 Å². The average molecular weight is 283 g/mol. The summed E-state index contributed by atoms with van der Waals surface area (Å²) in [5.41, 5.74) is 0.228. The summed E-state index contributed by atoms with van der Waals surface area (Å²) < 4.78 is 36.1. The summed E-state index contributed by atoms with van der Waals surface area (Å²) >= 11 is 11.5. The zero-order chi connectivity index (χ0) is 13.1. The van der Waals surface area contributed by atoms with Crippen LogP contribution in [0.25, 0.3) is 0 Å². The molecular formula is C10H7Cl2F3N2. The Balaban J connectivity index is 2.88. The highest BCUT2D eigenvalue weighted by atomic mass is 35.5. The van der Waals surface area contributed by atoms with Crippen molar-refractivity contribution in [2.24, 2.45) is 0 Å².